The van der Waals surface area contributed by atoms with E-state index in [0.29, 0.717) is 31.1 Å². The molecule has 0 aliphatic heterocycles. The second-order valence-corrected chi connectivity index (χ2v) is 5.61. The van der Waals surface area contributed by atoms with E-state index in [4.69, 9.17) is 9.47 Å². The quantitative estimate of drug-likeness (QED) is 0.793. The van der Waals surface area contributed by atoms with Gasteiger partial charge in [-0.2, -0.15) is 0 Å². The molecule has 0 spiro atoms. The summed E-state index contributed by atoms with van der Waals surface area (Å²) in [6.45, 7) is 7.68. The van der Waals surface area contributed by atoms with E-state index >= 15 is 0 Å². The van der Waals surface area contributed by atoms with E-state index in [0.717, 1.165) is 23.3 Å². The lowest BCUT2D eigenvalue weighted by Gasteiger charge is -2.13. The van der Waals surface area contributed by atoms with Crippen molar-refractivity contribution in [2.24, 2.45) is 0 Å². The van der Waals surface area contributed by atoms with Crippen molar-refractivity contribution in [1.82, 2.24) is 5.32 Å². The van der Waals surface area contributed by atoms with Gasteiger partial charge in [0.25, 0.3) is 5.91 Å². The highest BCUT2D eigenvalue weighted by molar-refractivity contribution is 5.94. The van der Waals surface area contributed by atoms with Crippen LogP contribution in [-0.4, -0.2) is 19.1 Å². The van der Waals surface area contributed by atoms with Gasteiger partial charge in [-0.25, -0.2) is 0 Å². The van der Waals surface area contributed by atoms with Crippen molar-refractivity contribution in [1.29, 1.82) is 0 Å². The van der Waals surface area contributed by atoms with Gasteiger partial charge in [0.2, 0.25) is 0 Å². The molecule has 128 valence electrons. The summed E-state index contributed by atoms with van der Waals surface area (Å²) >= 11 is 0. The van der Waals surface area contributed by atoms with Crippen LogP contribution in [0.1, 0.15) is 41.8 Å². The Morgan fingerprint density at radius 2 is 1.75 bits per heavy atom. The van der Waals surface area contributed by atoms with Crippen molar-refractivity contribution in [3.8, 4) is 11.5 Å². The predicted octanol–water partition coefficient (Wildman–Crippen LogP) is 4.11. The summed E-state index contributed by atoms with van der Waals surface area (Å²) in [5, 5.41) is 2.93. The first-order chi connectivity index (χ1) is 11.6. The molecule has 0 fully saturated rings. The van der Waals surface area contributed by atoms with Crippen LogP contribution < -0.4 is 14.8 Å². The van der Waals surface area contributed by atoms with E-state index in [-0.39, 0.29) is 5.91 Å². The molecule has 0 radical (unpaired) electrons. The standard InChI is InChI=1S/C20H25NO3/c1-4-12-24-18-11-8-16(13-19(18)23-5-2)14-21-20(22)17-9-6-15(3)7-10-17/h6-11,13H,4-5,12,14H2,1-3H3,(H,21,22). The molecule has 2 rings (SSSR count). The summed E-state index contributed by atoms with van der Waals surface area (Å²) in [6.07, 6.45) is 0.944. The molecule has 4 nitrogen and oxygen atoms in total. The first-order valence-electron chi connectivity index (χ1n) is 8.37. The van der Waals surface area contributed by atoms with Crippen molar-refractivity contribution in [2.75, 3.05) is 13.2 Å². The Bertz CT molecular complexity index is 665. The van der Waals surface area contributed by atoms with Crippen molar-refractivity contribution in [3.63, 3.8) is 0 Å². The number of benzene rings is 2. The molecule has 24 heavy (non-hydrogen) atoms. The van der Waals surface area contributed by atoms with Crippen LogP contribution in [-0.2, 0) is 6.54 Å². The third-order valence-corrected chi connectivity index (χ3v) is 3.54. The molecule has 0 heterocycles. The fourth-order valence-electron chi connectivity index (χ4n) is 2.25. The van der Waals surface area contributed by atoms with E-state index < -0.39 is 0 Å². The minimum absolute atomic E-state index is 0.0840. The maximum atomic E-state index is 12.2. The van der Waals surface area contributed by atoms with Crippen molar-refractivity contribution < 1.29 is 14.3 Å². The summed E-state index contributed by atoms with van der Waals surface area (Å²) in [4.78, 5) is 12.2. The molecular formula is C20H25NO3. The highest BCUT2D eigenvalue weighted by atomic mass is 16.5. The van der Waals surface area contributed by atoms with Gasteiger partial charge in [-0.05, 0) is 50.1 Å². The Balaban J connectivity index is 2.02. The lowest BCUT2D eigenvalue weighted by molar-refractivity contribution is 0.0951. The average molecular weight is 327 g/mol. The zero-order valence-electron chi connectivity index (χ0n) is 14.6. The Labute approximate surface area is 143 Å². The Hall–Kier alpha value is -2.49. The van der Waals surface area contributed by atoms with E-state index in [1.807, 2.05) is 56.3 Å². The highest BCUT2D eigenvalue weighted by Gasteiger charge is 2.08. The molecule has 0 aromatic heterocycles. The van der Waals surface area contributed by atoms with Gasteiger partial charge < -0.3 is 14.8 Å². The maximum Gasteiger partial charge on any atom is 0.251 e. The van der Waals surface area contributed by atoms with Crippen LogP contribution in [0, 0.1) is 6.92 Å². The largest absolute Gasteiger partial charge is 0.490 e. The molecule has 1 N–H and O–H groups in total. The number of hydrogen-bond acceptors (Lipinski definition) is 3. The number of rotatable bonds is 8. The third kappa shape index (κ3) is 5.01. The van der Waals surface area contributed by atoms with Crippen LogP contribution in [0.2, 0.25) is 0 Å². The zero-order chi connectivity index (χ0) is 17.4. The van der Waals surface area contributed by atoms with Crippen LogP contribution in [0.3, 0.4) is 0 Å². The normalized spacial score (nSPS) is 10.3. The second-order valence-electron chi connectivity index (χ2n) is 5.61. The summed E-state index contributed by atoms with van der Waals surface area (Å²) in [7, 11) is 0. The molecular weight excluding hydrogens is 302 g/mol. The summed E-state index contributed by atoms with van der Waals surface area (Å²) in [6, 6.07) is 13.3. The number of carbonyl (C=O) groups excluding carboxylic acids is 1. The number of carbonyl (C=O) groups is 1. The Morgan fingerprint density at radius 3 is 2.42 bits per heavy atom. The predicted molar refractivity (Wildman–Crippen MR) is 95.7 cm³/mol. The molecule has 0 atom stereocenters. The molecule has 0 saturated heterocycles. The summed E-state index contributed by atoms with van der Waals surface area (Å²) in [5.41, 5.74) is 2.77. The lowest BCUT2D eigenvalue weighted by Crippen LogP contribution is -2.22. The lowest BCUT2D eigenvalue weighted by atomic mass is 10.1. The Kier molecular flexibility index (Phi) is 6.67. The number of ether oxygens (including phenoxy) is 2. The topological polar surface area (TPSA) is 47.6 Å². The second kappa shape index (κ2) is 8.96. The monoisotopic (exact) mass is 327 g/mol. The van der Waals surface area contributed by atoms with E-state index in [9.17, 15) is 4.79 Å². The number of nitrogens with one attached hydrogen (secondary N) is 1. The first-order valence-corrected chi connectivity index (χ1v) is 8.37. The maximum absolute atomic E-state index is 12.2. The van der Waals surface area contributed by atoms with E-state index in [2.05, 4.69) is 12.2 Å². The molecule has 2 aromatic rings. The average Bonchev–Trinajstić information content (AvgIpc) is 2.59. The van der Waals surface area contributed by atoms with Gasteiger partial charge in [-0.15, -0.1) is 0 Å². The van der Waals surface area contributed by atoms with Crippen LogP contribution in [0.5, 0.6) is 11.5 Å². The van der Waals surface area contributed by atoms with Gasteiger partial charge in [0.05, 0.1) is 13.2 Å². The van der Waals surface area contributed by atoms with Crippen molar-refractivity contribution in [2.45, 2.75) is 33.7 Å². The van der Waals surface area contributed by atoms with E-state index in [1.165, 1.54) is 0 Å². The molecule has 0 aliphatic carbocycles. The zero-order valence-corrected chi connectivity index (χ0v) is 14.6. The molecule has 0 aliphatic rings. The minimum atomic E-state index is -0.0840. The van der Waals surface area contributed by atoms with E-state index in [1.54, 1.807) is 0 Å². The van der Waals surface area contributed by atoms with Crippen LogP contribution in [0.25, 0.3) is 0 Å². The fourth-order valence-corrected chi connectivity index (χ4v) is 2.25. The molecule has 2 aromatic carbocycles. The van der Waals surface area contributed by atoms with Crippen LogP contribution in [0.4, 0.5) is 0 Å². The summed E-state index contributed by atoms with van der Waals surface area (Å²) < 4.78 is 11.3. The third-order valence-electron chi connectivity index (χ3n) is 3.54. The first kappa shape index (κ1) is 17.9. The van der Waals surface area contributed by atoms with Gasteiger partial charge >= 0.3 is 0 Å². The van der Waals surface area contributed by atoms with Gasteiger partial charge in [-0.1, -0.05) is 30.7 Å². The number of aryl methyl sites for hydroxylation is 1. The van der Waals surface area contributed by atoms with Crippen LogP contribution in [0.15, 0.2) is 42.5 Å². The molecule has 1 amide bonds. The molecule has 0 saturated carbocycles. The van der Waals surface area contributed by atoms with Gasteiger partial charge in [0.15, 0.2) is 11.5 Å². The van der Waals surface area contributed by atoms with Gasteiger partial charge in [-0.3, -0.25) is 4.79 Å². The van der Waals surface area contributed by atoms with Gasteiger partial charge in [0, 0.05) is 12.1 Å². The van der Waals surface area contributed by atoms with Crippen LogP contribution >= 0.6 is 0 Å². The van der Waals surface area contributed by atoms with Crippen molar-refractivity contribution >= 4 is 5.91 Å². The SMILES string of the molecule is CCCOc1ccc(CNC(=O)c2ccc(C)cc2)cc1OCC. The molecule has 0 unspecified atom stereocenters. The fraction of sp³-hybridized carbons (Fsp3) is 0.350. The number of amides is 1. The minimum Gasteiger partial charge on any atom is -0.490 e. The van der Waals surface area contributed by atoms with Crippen molar-refractivity contribution in [3.05, 3.63) is 59.2 Å². The Morgan fingerprint density at radius 1 is 1.00 bits per heavy atom. The molecule has 4 heteroatoms. The summed E-state index contributed by atoms with van der Waals surface area (Å²) in [5.74, 6) is 1.37. The smallest absolute Gasteiger partial charge is 0.251 e. The molecule has 0 bridgehead atoms. The van der Waals surface area contributed by atoms with Gasteiger partial charge in [0.1, 0.15) is 0 Å². The number of hydrogen-bond donors (Lipinski definition) is 1. The highest BCUT2D eigenvalue weighted by Crippen LogP contribution is 2.28.